The van der Waals surface area contributed by atoms with Crippen LogP contribution < -0.4 is 0 Å². The van der Waals surface area contributed by atoms with Gasteiger partial charge in [0.25, 0.3) is 0 Å². The van der Waals surface area contributed by atoms with Gasteiger partial charge in [0.05, 0.1) is 12.2 Å². The normalized spacial score (nSPS) is 15.8. The van der Waals surface area contributed by atoms with Gasteiger partial charge in [-0.15, -0.1) is 10.2 Å². The van der Waals surface area contributed by atoms with E-state index in [4.69, 9.17) is 0 Å². The summed E-state index contributed by atoms with van der Waals surface area (Å²) in [7, 11) is 0. The number of carbonyl (C=O) groups is 1. The lowest BCUT2D eigenvalue weighted by Gasteiger charge is -2.31. The highest BCUT2D eigenvalue weighted by Crippen LogP contribution is 2.38. The zero-order chi connectivity index (χ0) is 23.1. The number of H-pyrrole nitrogens is 1. The van der Waals surface area contributed by atoms with Crippen molar-refractivity contribution in [1.29, 1.82) is 0 Å². The van der Waals surface area contributed by atoms with Gasteiger partial charge in [-0.25, -0.2) is 0 Å². The Labute approximate surface area is 195 Å². The van der Waals surface area contributed by atoms with E-state index in [1.165, 1.54) is 27.7 Å². The Morgan fingerprint density at radius 2 is 2.00 bits per heavy atom. The van der Waals surface area contributed by atoms with Crippen LogP contribution in [0.15, 0.2) is 36.8 Å². The van der Waals surface area contributed by atoms with Gasteiger partial charge in [0.15, 0.2) is 5.65 Å². The number of nitrogens with zero attached hydrogens (tertiary/aromatic N) is 4. The number of rotatable bonds is 6. The van der Waals surface area contributed by atoms with Crippen molar-refractivity contribution in [2.24, 2.45) is 0 Å². The second-order valence-electron chi connectivity index (χ2n) is 9.79. The summed E-state index contributed by atoms with van der Waals surface area (Å²) in [5.74, 6) is 1.29. The van der Waals surface area contributed by atoms with E-state index in [9.17, 15) is 4.79 Å². The molecule has 1 aliphatic rings. The smallest absolute Gasteiger partial charge is 0.163 e. The first kappa shape index (κ1) is 21.8. The molecule has 0 unspecified atom stereocenters. The summed E-state index contributed by atoms with van der Waals surface area (Å²) in [5, 5.41) is 9.61. The molecule has 33 heavy (non-hydrogen) atoms. The highest BCUT2D eigenvalue weighted by molar-refractivity contribution is 5.92. The summed E-state index contributed by atoms with van der Waals surface area (Å²) >= 11 is 0. The number of nitrogens with one attached hydrogen (secondary N) is 1. The number of benzene rings is 1. The summed E-state index contributed by atoms with van der Waals surface area (Å²) in [6, 6.07) is 9.15. The molecule has 1 fully saturated rings. The maximum absolute atomic E-state index is 11.8. The molecule has 6 nitrogen and oxygen atoms in total. The third kappa shape index (κ3) is 4.08. The lowest BCUT2D eigenvalue weighted by molar-refractivity contribution is -0.120. The third-order valence-corrected chi connectivity index (χ3v) is 7.16. The summed E-state index contributed by atoms with van der Waals surface area (Å²) < 4.78 is 2.00. The molecule has 0 aliphatic carbocycles. The number of hydrogen-bond acceptors (Lipinski definition) is 4. The van der Waals surface area contributed by atoms with Gasteiger partial charge in [-0.2, -0.15) is 0 Å². The molecule has 3 aromatic heterocycles. The molecular formula is C27H33N5O. The number of carbonyl (C=O) groups excluding carboxylic acids is 1. The predicted octanol–water partition coefficient (Wildman–Crippen LogP) is 5.47. The van der Waals surface area contributed by atoms with E-state index in [0.29, 0.717) is 30.6 Å². The first-order valence-electron chi connectivity index (χ1n) is 12.1. The molecule has 4 aromatic rings. The van der Waals surface area contributed by atoms with E-state index in [0.717, 1.165) is 42.7 Å². The summed E-state index contributed by atoms with van der Waals surface area (Å²) in [5.41, 5.74) is 8.33. The van der Waals surface area contributed by atoms with Crippen LogP contribution >= 0.6 is 0 Å². The number of likely N-dealkylation sites (tertiary alicyclic amines) is 1. The Bertz CT molecular complexity index is 1310. The predicted molar refractivity (Wildman–Crippen MR) is 133 cm³/mol. The van der Waals surface area contributed by atoms with Gasteiger partial charge in [-0.05, 0) is 79.6 Å². The van der Waals surface area contributed by atoms with E-state index in [2.05, 4.69) is 71.3 Å². The molecule has 1 aromatic carbocycles. The number of aromatic amines is 1. The zero-order valence-corrected chi connectivity index (χ0v) is 20.1. The number of piperidine rings is 1. The minimum absolute atomic E-state index is 0.344. The van der Waals surface area contributed by atoms with Crippen molar-refractivity contribution in [1.82, 2.24) is 24.5 Å². The molecule has 172 valence electrons. The van der Waals surface area contributed by atoms with E-state index < -0.39 is 0 Å². The van der Waals surface area contributed by atoms with Crippen LogP contribution in [0.5, 0.6) is 0 Å². The van der Waals surface area contributed by atoms with Crippen LogP contribution in [-0.2, 0) is 4.79 Å². The van der Waals surface area contributed by atoms with Gasteiger partial charge < -0.3 is 4.98 Å². The van der Waals surface area contributed by atoms with Crippen LogP contribution in [0.4, 0.5) is 0 Å². The Kier molecular flexibility index (Phi) is 5.79. The summed E-state index contributed by atoms with van der Waals surface area (Å²) in [4.78, 5) is 17.9. The maximum atomic E-state index is 11.8. The van der Waals surface area contributed by atoms with Crippen LogP contribution in [0, 0.1) is 6.92 Å². The van der Waals surface area contributed by atoms with Gasteiger partial charge in [-0.1, -0.05) is 26.8 Å². The fourth-order valence-corrected chi connectivity index (χ4v) is 5.34. The van der Waals surface area contributed by atoms with Crippen molar-refractivity contribution in [2.75, 3.05) is 19.6 Å². The number of fused-ring (bicyclic) bond motifs is 2. The minimum Gasteiger partial charge on any atom is -0.354 e. The fourth-order valence-electron chi connectivity index (χ4n) is 5.34. The second-order valence-corrected chi connectivity index (χ2v) is 9.79. The van der Waals surface area contributed by atoms with Crippen LogP contribution in [-0.4, -0.2) is 49.9 Å². The van der Waals surface area contributed by atoms with Crippen molar-refractivity contribution in [3.05, 3.63) is 53.5 Å². The molecule has 4 heterocycles. The lowest BCUT2D eigenvalue weighted by Crippen LogP contribution is -2.36. The third-order valence-electron chi connectivity index (χ3n) is 7.16. The second kappa shape index (κ2) is 8.75. The molecule has 1 N–H and O–H groups in total. The average molecular weight is 444 g/mol. The highest BCUT2D eigenvalue weighted by Gasteiger charge is 2.23. The van der Waals surface area contributed by atoms with Gasteiger partial charge in [-0.3, -0.25) is 14.1 Å². The number of aryl methyl sites for hydroxylation is 1. The van der Waals surface area contributed by atoms with Gasteiger partial charge in [0.2, 0.25) is 0 Å². The standard InChI is InChI=1S/C27H33N5O/c1-5-22(33)15-31-10-8-19(9-11-31)20-6-7-24-23(13-20)25(17(2)3)26(29-24)21-12-18(4)27-30-28-16-32(27)14-21/h6-7,12-14,16-17,19,29H,5,8-11,15H2,1-4H3. The van der Waals surface area contributed by atoms with Gasteiger partial charge in [0.1, 0.15) is 12.1 Å². The number of aromatic nitrogens is 4. The largest absolute Gasteiger partial charge is 0.354 e. The molecular weight excluding hydrogens is 410 g/mol. The first-order valence-corrected chi connectivity index (χ1v) is 12.1. The van der Waals surface area contributed by atoms with E-state index in [1.54, 1.807) is 6.33 Å². The van der Waals surface area contributed by atoms with Crippen molar-refractivity contribution in [3.63, 3.8) is 0 Å². The summed E-state index contributed by atoms with van der Waals surface area (Å²) in [6.45, 7) is 11.2. The van der Waals surface area contributed by atoms with Gasteiger partial charge >= 0.3 is 0 Å². The molecule has 0 radical (unpaired) electrons. The molecule has 0 atom stereocenters. The quantitative estimate of drug-likeness (QED) is 0.429. The lowest BCUT2D eigenvalue weighted by atomic mass is 9.87. The molecule has 6 heteroatoms. The Morgan fingerprint density at radius 1 is 1.21 bits per heavy atom. The van der Waals surface area contributed by atoms with Crippen molar-refractivity contribution < 1.29 is 4.79 Å². The van der Waals surface area contributed by atoms with Crippen molar-refractivity contribution >= 4 is 22.3 Å². The van der Waals surface area contributed by atoms with E-state index in [-0.39, 0.29) is 0 Å². The van der Waals surface area contributed by atoms with E-state index in [1.807, 2.05) is 11.3 Å². The number of pyridine rings is 1. The van der Waals surface area contributed by atoms with Crippen molar-refractivity contribution in [2.45, 2.75) is 58.8 Å². The molecule has 0 saturated carbocycles. The van der Waals surface area contributed by atoms with Crippen LogP contribution in [0.3, 0.4) is 0 Å². The van der Waals surface area contributed by atoms with E-state index >= 15 is 0 Å². The summed E-state index contributed by atoms with van der Waals surface area (Å²) in [6.07, 6.45) is 6.74. The molecule has 5 rings (SSSR count). The van der Waals surface area contributed by atoms with Gasteiger partial charge in [0, 0.05) is 29.1 Å². The molecule has 1 aliphatic heterocycles. The molecule has 0 bridgehead atoms. The first-order chi connectivity index (χ1) is 15.9. The monoisotopic (exact) mass is 443 g/mol. The Hall–Kier alpha value is -2.99. The topological polar surface area (TPSA) is 66.3 Å². The average Bonchev–Trinajstić information content (AvgIpc) is 3.44. The molecule has 1 saturated heterocycles. The Morgan fingerprint density at radius 3 is 2.73 bits per heavy atom. The number of hydrogen-bond donors (Lipinski definition) is 1. The zero-order valence-electron chi connectivity index (χ0n) is 20.1. The molecule has 0 spiro atoms. The number of ketones is 1. The minimum atomic E-state index is 0.344. The fraction of sp³-hybridized carbons (Fsp3) is 0.444. The number of Topliss-reactive ketones (excluding diaryl/α,β-unsaturated/α-hetero) is 1. The van der Waals surface area contributed by atoms with Crippen molar-refractivity contribution in [3.8, 4) is 11.3 Å². The SMILES string of the molecule is CCC(=O)CN1CCC(c2ccc3[nH]c(-c4cc(C)c5nncn5c4)c(C(C)C)c3c2)CC1. The Balaban J connectivity index is 1.48. The maximum Gasteiger partial charge on any atom is 0.163 e. The van der Waals surface area contributed by atoms with Crippen LogP contribution in [0.1, 0.15) is 68.6 Å². The van der Waals surface area contributed by atoms with Crippen LogP contribution in [0.25, 0.3) is 27.8 Å². The highest BCUT2D eigenvalue weighted by atomic mass is 16.1. The van der Waals surface area contributed by atoms with Crippen LogP contribution in [0.2, 0.25) is 0 Å². The molecule has 0 amide bonds.